The minimum atomic E-state index is 0.892. The molecule has 1 heteroatoms. The van der Waals surface area contributed by atoms with Crippen LogP contribution in [0.1, 0.15) is 46.0 Å². The molecule has 1 saturated carbocycles. The SMILES string of the molecule is CC(C)C1CCCN(C2CCC2)C1. The van der Waals surface area contributed by atoms with Crippen molar-refractivity contribution >= 4 is 0 Å². The summed E-state index contributed by atoms with van der Waals surface area (Å²) in [6, 6.07) is 0.974. The molecular weight excluding hydrogens is 158 g/mol. The molecule has 0 aromatic heterocycles. The molecule has 2 aliphatic rings. The summed E-state index contributed by atoms with van der Waals surface area (Å²) < 4.78 is 0. The van der Waals surface area contributed by atoms with E-state index in [-0.39, 0.29) is 0 Å². The molecule has 1 atom stereocenters. The van der Waals surface area contributed by atoms with Gasteiger partial charge in [-0.3, -0.25) is 0 Å². The Balaban J connectivity index is 1.84. The molecule has 1 nitrogen and oxygen atoms in total. The van der Waals surface area contributed by atoms with Gasteiger partial charge in [0.05, 0.1) is 0 Å². The van der Waals surface area contributed by atoms with Gasteiger partial charge >= 0.3 is 0 Å². The smallest absolute Gasteiger partial charge is 0.00953 e. The first kappa shape index (κ1) is 9.51. The van der Waals surface area contributed by atoms with Gasteiger partial charge in [-0.1, -0.05) is 20.3 Å². The molecule has 1 aliphatic heterocycles. The van der Waals surface area contributed by atoms with Crippen LogP contribution in [0.4, 0.5) is 0 Å². The zero-order chi connectivity index (χ0) is 9.26. The van der Waals surface area contributed by atoms with Gasteiger partial charge < -0.3 is 4.90 Å². The lowest BCUT2D eigenvalue weighted by Gasteiger charge is -2.43. The molecule has 0 spiro atoms. The summed E-state index contributed by atoms with van der Waals surface area (Å²) in [6.45, 7) is 7.54. The van der Waals surface area contributed by atoms with Crippen molar-refractivity contribution in [1.29, 1.82) is 0 Å². The lowest BCUT2D eigenvalue weighted by molar-refractivity contribution is 0.0632. The van der Waals surface area contributed by atoms with Crippen molar-refractivity contribution in [3.63, 3.8) is 0 Å². The van der Waals surface area contributed by atoms with E-state index >= 15 is 0 Å². The molecule has 76 valence electrons. The van der Waals surface area contributed by atoms with Crippen LogP contribution in [0.25, 0.3) is 0 Å². The molecule has 2 rings (SSSR count). The number of rotatable bonds is 2. The second-order valence-corrected chi connectivity index (χ2v) is 5.23. The zero-order valence-electron chi connectivity index (χ0n) is 9.13. The number of nitrogens with zero attached hydrogens (tertiary/aromatic N) is 1. The third kappa shape index (κ3) is 2.07. The molecule has 0 bridgehead atoms. The highest BCUT2D eigenvalue weighted by molar-refractivity contribution is 4.84. The van der Waals surface area contributed by atoms with E-state index in [0.29, 0.717) is 0 Å². The van der Waals surface area contributed by atoms with Crippen molar-refractivity contribution in [3.05, 3.63) is 0 Å². The summed E-state index contributed by atoms with van der Waals surface area (Å²) in [4.78, 5) is 2.76. The summed E-state index contributed by atoms with van der Waals surface area (Å²) in [5.74, 6) is 1.87. The van der Waals surface area contributed by atoms with Crippen molar-refractivity contribution in [2.45, 2.75) is 52.0 Å². The van der Waals surface area contributed by atoms with E-state index in [1.807, 2.05) is 0 Å². The third-order valence-corrected chi connectivity index (χ3v) is 4.02. The molecular formula is C12H23N. The Hall–Kier alpha value is -0.0400. The number of likely N-dealkylation sites (tertiary alicyclic amines) is 1. The Kier molecular flexibility index (Phi) is 2.92. The standard InChI is InChI=1S/C12H23N/c1-10(2)11-5-4-8-13(9-11)12-6-3-7-12/h10-12H,3-9H2,1-2H3. The minimum Gasteiger partial charge on any atom is -0.300 e. The first-order chi connectivity index (χ1) is 6.27. The Morgan fingerprint density at radius 2 is 1.85 bits per heavy atom. The van der Waals surface area contributed by atoms with Gasteiger partial charge in [0.15, 0.2) is 0 Å². The quantitative estimate of drug-likeness (QED) is 0.633. The van der Waals surface area contributed by atoms with Crippen LogP contribution >= 0.6 is 0 Å². The van der Waals surface area contributed by atoms with Crippen LogP contribution in [0, 0.1) is 11.8 Å². The molecule has 13 heavy (non-hydrogen) atoms. The Morgan fingerprint density at radius 3 is 2.38 bits per heavy atom. The van der Waals surface area contributed by atoms with Crippen molar-refractivity contribution in [2.24, 2.45) is 11.8 Å². The van der Waals surface area contributed by atoms with Crippen molar-refractivity contribution in [3.8, 4) is 0 Å². The van der Waals surface area contributed by atoms with Crippen LogP contribution in [0.3, 0.4) is 0 Å². The van der Waals surface area contributed by atoms with E-state index in [1.54, 1.807) is 0 Å². The molecule has 0 aromatic carbocycles. The van der Waals surface area contributed by atoms with Gasteiger partial charge in [0.25, 0.3) is 0 Å². The first-order valence-corrected chi connectivity index (χ1v) is 6.01. The van der Waals surface area contributed by atoms with E-state index in [4.69, 9.17) is 0 Å². The second kappa shape index (κ2) is 4.00. The largest absolute Gasteiger partial charge is 0.300 e. The lowest BCUT2D eigenvalue weighted by atomic mass is 9.84. The molecule has 0 radical (unpaired) electrons. The average molecular weight is 181 g/mol. The maximum Gasteiger partial charge on any atom is 0.00953 e. The summed E-state index contributed by atoms with van der Waals surface area (Å²) >= 11 is 0. The fourth-order valence-electron chi connectivity index (χ4n) is 2.67. The van der Waals surface area contributed by atoms with Crippen LogP contribution < -0.4 is 0 Å². The highest BCUT2D eigenvalue weighted by Crippen LogP contribution is 2.31. The van der Waals surface area contributed by atoms with Crippen molar-refractivity contribution in [2.75, 3.05) is 13.1 Å². The highest BCUT2D eigenvalue weighted by atomic mass is 15.2. The normalized spacial score (nSPS) is 32.1. The molecule has 0 aromatic rings. The van der Waals surface area contributed by atoms with Gasteiger partial charge in [0.2, 0.25) is 0 Å². The van der Waals surface area contributed by atoms with Crippen LogP contribution in [0.2, 0.25) is 0 Å². The molecule has 1 aliphatic carbocycles. The maximum absolute atomic E-state index is 2.76. The first-order valence-electron chi connectivity index (χ1n) is 6.01. The van der Waals surface area contributed by atoms with Crippen LogP contribution in [-0.4, -0.2) is 24.0 Å². The third-order valence-electron chi connectivity index (χ3n) is 4.02. The molecule has 0 N–H and O–H groups in total. The van der Waals surface area contributed by atoms with E-state index in [1.165, 1.54) is 45.2 Å². The Bertz CT molecular complexity index is 161. The van der Waals surface area contributed by atoms with Gasteiger partial charge in [-0.05, 0) is 44.1 Å². The van der Waals surface area contributed by atoms with Crippen molar-refractivity contribution < 1.29 is 0 Å². The molecule has 1 heterocycles. The number of hydrogen-bond acceptors (Lipinski definition) is 1. The van der Waals surface area contributed by atoms with E-state index in [9.17, 15) is 0 Å². The summed E-state index contributed by atoms with van der Waals surface area (Å²) in [6.07, 6.45) is 7.35. The van der Waals surface area contributed by atoms with Gasteiger partial charge in [-0.15, -0.1) is 0 Å². The van der Waals surface area contributed by atoms with Gasteiger partial charge in [0.1, 0.15) is 0 Å². The summed E-state index contributed by atoms with van der Waals surface area (Å²) in [5, 5.41) is 0. The number of piperidine rings is 1. The van der Waals surface area contributed by atoms with E-state index in [2.05, 4.69) is 18.7 Å². The van der Waals surface area contributed by atoms with Crippen LogP contribution in [-0.2, 0) is 0 Å². The average Bonchev–Trinajstić information content (AvgIpc) is 2.01. The van der Waals surface area contributed by atoms with Gasteiger partial charge in [-0.25, -0.2) is 0 Å². The summed E-state index contributed by atoms with van der Waals surface area (Å²) in [7, 11) is 0. The highest BCUT2D eigenvalue weighted by Gasteiger charge is 2.30. The van der Waals surface area contributed by atoms with Crippen LogP contribution in [0.5, 0.6) is 0 Å². The molecule has 2 fully saturated rings. The molecule has 1 unspecified atom stereocenters. The molecule has 0 amide bonds. The van der Waals surface area contributed by atoms with Crippen LogP contribution in [0.15, 0.2) is 0 Å². The summed E-state index contributed by atoms with van der Waals surface area (Å²) in [5.41, 5.74) is 0. The minimum absolute atomic E-state index is 0.892. The topological polar surface area (TPSA) is 3.24 Å². The second-order valence-electron chi connectivity index (χ2n) is 5.23. The van der Waals surface area contributed by atoms with Crippen molar-refractivity contribution in [1.82, 2.24) is 4.90 Å². The Morgan fingerprint density at radius 1 is 1.08 bits per heavy atom. The maximum atomic E-state index is 2.76. The monoisotopic (exact) mass is 181 g/mol. The predicted molar refractivity (Wildman–Crippen MR) is 56.8 cm³/mol. The Labute approximate surface area is 82.5 Å². The fraction of sp³-hybridized carbons (Fsp3) is 1.00. The van der Waals surface area contributed by atoms with E-state index in [0.717, 1.165) is 17.9 Å². The number of hydrogen-bond donors (Lipinski definition) is 0. The predicted octanol–water partition coefficient (Wildman–Crippen LogP) is 2.91. The van der Waals surface area contributed by atoms with Gasteiger partial charge in [-0.2, -0.15) is 0 Å². The van der Waals surface area contributed by atoms with E-state index < -0.39 is 0 Å². The zero-order valence-corrected chi connectivity index (χ0v) is 9.13. The molecule has 1 saturated heterocycles. The fourth-order valence-corrected chi connectivity index (χ4v) is 2.67. The van der Waals surface area contributed by atoms with Gasteiger partial charge in [0, 0.05) is 12.6 Å². The lowest BCUT2D eigenvalue weighted by Crippen LogP contribution is -2.46.